The SMILES string of the molecule is CCCc1c(C)nc(CC(F)(F)F)c(CC)c1C. The largest absolute Gasteiger partial charge is 0.394 e. The van der Waals surface area contributed by atoms with Gasteiger partial charge in [-0.05, 0) is 43.4 Å². The highest BCUT2D eigenvalue weighted by molar-refractivity contribution is 5.40. The van der Waals surface area contributed by atoms with Crippen LogP contribution in [0.25, 0.3) is 0 Å². The maximum Gasteiger partial charge on any atom is 0.394 e. The molecule has 0 spiro atoms. The molecule has 18 heavy (non-hydrogen) atoms. The quantitative estimate of drug-likeness (QED) is 0.784. The summed E-state index contributed by atoms with van der Waals surface area (Å²) in [5.41, 5.74) is 3.80. The Balaban J connectivity index is 3.28. The highest BCUT2D eigenvalue weighted by Gasteiger charge is 2.30. The Kier molecular flexibility index (Phi) is 4.77. The van der Waals surface area contributed by atoms with Gasteiger partial charge >= 0.3 is 6.18 Å². The van der Waals surface area contributed by atoms with Gasteiger partial charge in [0.05, 0.1) is 12.1 Å². The standard InChI is InChI=1S/C14H20F3N/c1-5-7-12-9(3)11(6-2)13(18-10(12)4)8-14(15,16)17/h5-8H2,1-4H3. The van der Waals surface area contributed by atoms with Crippen LogP contribution < -0.4 is 0 Å². The lowest BCUT2D eigenvalue weighted by Gasteiger charge is -2.18. The van der Waals surface area contributed by atoms with Gasteiger partial charge < -0.3 is 0 Å². The third-order valence-corrected chi connectivity index (χ3v) is 3.21. The summed E-state index contributed by atoms with van der Waals surface area (Å²) in [6.07, 6.45) is -2.66. The predicted molar refractivity (Wildman–Crippen MR) is 66.8 cm³/mol. The summed E-state index contributed by atoms with van der Waals surface area (Å²) in [6.45, 7) is 7.67. The summed E-state index contributed by atoms with van der Waals surface area (Å²) in [6, 6.07) is 0. The molecule has 0 fully saturated rings. The molecular formula is C14H20F3N. The van der Waals surface area contributed by atoms with Gasteiger partial charge in [0.1, 0.15) is 0 Å². The van der Waals surface area contributed by atoms with Crippen molar-refractivity contribution in [1.29, 1.82) is 0 Å². The van der Waals surface area contributed by atoms with Crippen LogP contribution in [0, 0.1) is 13.8 Å². The van der Waals surface area contributed by atoms with Crippen molar-refractivity contribution in [1.82, 2.24) is 4.98 Å². The lowest BCUT2D eigenvalue weighted by molar-refractivity contribution is -0.128. The van der Waals surface area contributed by atoms with E-state index in [0.717, 1.165) is 35.2 Å². The number of nitrogens with zero attached hydrogens (tertiary/aromatic N) is 1. The molecule has 0 radical (unpaired) electrons. The number of aryl methyl sites for hydroxylation is 1. The van der Waals surface area contributed by atoms with Crippen LogP contribution in [0.2, 0.25) is 0 Å². The second kappa shape index (κ2) is 5.72. The van der Waals surface area contributed by atoms with Gasteiger partial charge in [0, 0.05) is 5.69 Å². The van der Waals surface area contributed by atoms with Crippen LogP contribution in [0.4, 0.5) is 13.2 Å². The summed E-state index contributed by atoms with van der Waals surface area (Å²) in [5, 5.41) is 0. The summed E-state index contributed by atoms with van der Waals surface area (Å²) in [4.78, 5) is 4.19. The molecule has 1 rings (SSSR count). The molecule has 1 heterocycles. The van der Waals surface area contributed by atoms with E-state index in [4.69, 9.17) is 0 Å². The average Bonchev–Trinajstić information content (AvgIpc) is 2.22. The molecule has 0 aromatic carbocycles. The summed E-state index contributed by atoms with van der Waals surface area (Å²) < 4.78 is 37.6. The highest BCUT2D eigenvalue weighted by Crippen LogP contribution is 2.27. The molecule has 0 amide bonds. The summed E-state index contributed by atoms with van der Waals surface area (Å²) >= 11 is 0. The minimum absolute atomic E-state index is 0.194. The molecule has 0 N–H and O–H groups in total. The number of hydrogen-bond donors (Lipinski definition) is 0. The van der Waals surface area contributed by atoms with Gasteiger partial charge in [-0.3, -0.25) is 4.98 Å². The van der Waals surface area contributed by atoms with E-state index in [-0.39, 0.29) is 5.69 Å². The Hall–Kier alpha value is -1.06. The Morgan fingerprint density at radius 3 is 2.11 bits per heavy atom. The molecular weight excluding hydrogens is 239 g/mol. The summed E-state index contributed by atoms with van der Waals surface area (Å²) in [7, 11) is 0. The molecule has 0 saturated carbocycles. The van der Waals surface area contributed by atoms with E-state index in [0.29, 0.717) is 6.42 Å². The number of rotatable bonds is 4. The van der Waals surface area contributed by atoms with Gasteiger partial charge in [-0.1, -0.05) is 20.3 Å². The van der Waals surface area contributed by atoms with E-state index < -0.39 is 12.6 Å². The molecule has 4 heteroatoms. The fourth-order valence-corrected chi connectivity index (χ4v) is 2.43. The van der Waals surface area contributed by atoms with Gasteiger partial charge in [-0.2, -0.15) is 13.2 Å². The average molecular weight is 259 g/mol. The van der Waals surface area contributed by atoms with Crippen molar-refractivity contribution in [3.63, 3.8) is 0 Å². The second-order valence-corrected chi connectivity index (χ2v) is 4.62. The van der Waals surface area contributed by atoms with Crippen molar-refractivity contribution >= 4 is 0 Å². The topological polar surface area (TPSA) is 12.9 Å². The maximum atomic E-state index is 12.5. The minimum Gasteiger partial charge on any atom is -0.257 e. The lowest BCUT2D eigenvalue weighted by Crippen LogP contribution is -2.17. The van der Waals surface area contributed by atoms with E-state index in [1.54, 1.807) is 6.92 Å². The van der Waals surface area contributed by atoms with E-state index >= 15 is 0 Å². The Labute approximate surface area is 106 Å². The van der Waals surface area contributed by atoms with Crippen LogP contribution in [-0.4, -0.2) is 11.2 Å². The van der Waals surface area contributed by atoms with E-state index in [2.05, 4.69) is 11.9 Å². The molecule has 0 atom stereocenters. The first-order chi connectivity index (χ1) is 8.30. The van der Waals surface area contributed by atoms with Gasteiger partial charge in [0.2, 0.25) is 0 Å². The number of pyridine rings is 1. The molecule has 0 aliphatic rings. The lowest BCUT2D eigenvalue weighted by atomic mass is 9.94. The van der Waals surface area contributed by atoms with Gasteiger partial charge in [0.15, 0.2) is 0 Å². The van der Waals surface area contributed by atoms with Crippen molar-refractivity contribution in [3.8, 4) is 0 Å². The van der Waals surface area contributed by atoms with Gasteiger partial charge in [-0.15, -0.1) is 0 Å². The van der Waals surface area contributed by atoms with E-state index in [1.165, 1.54) is 0 Å². The van der Waals surface area contributed by atoms with Crippen molar-refractivity contribution < 1.29 is 13.2 Å². The molecule has 102 valence electrons. The zero-order valence-corrected chi connectivity index (χ0v) is 11.4. The number of alkyl halides is 3. The van der Waals surface area contributed by atoms with Gasteiger partial charge in [0.25, 0.3) is 0 Å². The van der Waals surface area contributed by atoms with Gasteiger partial charge in [-0.25, -0.2) is 0 Å². The van der Waals surface area contributed by atoms with Crippen LogP contribution in [0.3, 0.4) is 0 Å². The Morgan fingerprint density at radius 2 is 1.67 bits per heavy atom. The molecule has 1 aromatic heterocycles. The molecule has 0 aliphatic carbocycles. The fourth-order valence-electron chi connectivity index (χ4n) is 2.43. The fraction of sp³-hybridized carbons (Fsp3) is 0.643. The first-order valence-corrected chi connectivity index (χ1v) is 6.34. The molecule has 0 bridgehead atoms. The molecule has 0 aliphatic heterocycles. The molecule has 0 unspecified atom stereocenters. The normalized spacial score (nSPS) is 11.9. The van der Waals surface area contributed by atoms with Crippen LogP contribution in [-0.2, 0) is 19.3 Å². The Morgan fingerprint density at radius 1 is 1.06 bits per heavy atom. The monoisotopic (exact) mass is 259 g/mol. The molecule has 0 saturated heterocycles. The third kappa shape index (κ3) is 3.47. The first-order valence-electron chi connectivity index (χ1n) is 6.34. The molecule has 1 nitrogen and oxygen atoms in total. The molecule has 1 aromatic rings. The van der Waals surface area contributed by atoms with Crippen molar-refractivity contribution in [2.45, 2.75) is 59.6 Å². The number of aromatic nitrogens is 1. The Bertz CT molecular complexity index is 422. The predicted octanol–water partition coefficient (Wildman–Crippen LogP) is 4.32. The first kappa shape index (κ1) is 15.0. The summed E-state index contributed by atoms with van der Waals surface area (Å²) in [5.74, 6) is 0. The maximum absolute atomic E-state index is 12.5. The van der Waals surface area contributed by atoms with Crippen LogP contribution in [0.5, 0.6) is 0 Å². The van der Waals surface area contributed by atoms with Crippen LogP contribution in [0.1, 0.15) is 48.3 Å². The minimum atomic E-state index is -4.19. The van der Waals surface area contributed by atoms with Crippen LogP contribution >= 0.6 is 0 Å². The van der Waals surface area contributed by atoms with E-state index in [1.807, 2.05) is 13.8 Å². The number of halogens is 3. The van der Waals surface area contributed by atoms with Crippen molar-refractivity contribution in [2.75, 3.05) is 0 Å². The zero-order valence-electron chi connectivity index (χ0n) is 11.4. The smallest absolute Gasteiger partial charge is 0.257 e. The highest BCUT2D eigenvalue weighted by atomic mass is 19.4. The van der Waals surface area contributed by atoms with Crippen molar-refractivity contribution in [3.05, 3.63) is 28.1 Å². The number of hydrogen-bond acceptors (Lipinski definition) is 1. The second-order valence-electron chi connectivity index (χ2n) is 4.62. The van der Waals surface area contributed by atoms with E-state index in [9.17, 15) is 13.2 Å². The zero-order chi connectivity index (χ0) is 13.9. The van der Waals surface area contributed by atoms with Crippen molar-refractivity contribution in [2.24, 2.45) is 0 Å². The third-order valence-electron chi connectivity index (χ3n) is 3.21. The van der Waals surface area contributed by atoms with Crippen LogP contribution in [0.15, 0.2) is 0 Å².